The van der Waals surface area contributed by atoms with Gasteiger partial charge in [0.25, 0.3) is 0 Å². The van der Waals surface area contributed by atoms with Crippen LogP contribution in [-0.2, 0) is 9.59 Å². The number of aromatic amines is 1. The molecule has 0 saturated carbocycles. The number of alkyl halides is 6. The molecular formula is C18H19F6N5O4. The standard InChI is InChI=1S/C14H17N5.2C2HF3O2/c1-18-6-11-7-19(8-14(11)18)12-2-10(3-15-4-12)13-5-16-9-17-13;2*3-2(4,5)1(6)7/h2-5,9,11,14H,6-8H2,1H3,(H,16,17);2*(H,6,7)/t11-,14+;;/m0../s1. The Morgan fingerprint density at radius 1 is 0.970 bits per heavy atom. The third-order valence-electron chi connectivity index (χ3n) is 4.88. The SMILES string of the molecule is CN1C[C@H]2CN(c3cncc(-c4cnc[nH]4)c3)C[C@H]21.O=C(O)C(F)(F)F.O=C(O)C(F)(F)F. The second kappa shape index (κ2) is 10.1. The van der Waals surface area contributed by atoms with Crippen LogP contribution in [0, 0.1) is 5.92 Å². The molecule has 2 fully saturated rings. The summed E-state index contributed by atoms with van der Waals surface area (Å²) in [6.45, 7) is 3.51. The van der Waals surface area contributed by atoms with Crippen LogP contribution in [0.1, 0.15) is 0 Å². The molecule has 2 saturated heterocycles. The summed E-state index contributed by atoms with van der Waals surface area (Å²) in [7, 11) is 2.21. The average molecular weight is 483 g/mol. The molecular weight excluding hydrogens is 464 g/mol. The van der Waals surface area contributed by atoms with Crippen molar-refractivity contribution in [1.29, 1.82) is 0 Å². The summed E-state index contributed by atoms with van der Waals surface area (Å²) in [5, 5.41) is 14.2. The minimum atomic E-state index is -5.08. The van der Waals surface area contributed by atoms with E-state index < -0.39 is 24.3 Å². The molecule has 3 N–H and O–H groups in total. The Bertz CT molecular complexity index is 927. The molecule has 0 amide bonds. The van der Waals surface area contributed by atoms with Crippen molar-refractivity contribution in [3.05, 3.63) is 31.0 Å². The number of nitrogens with one attached hydrogen (secondary N) is 1. The van der Waals surface area contributed by atoms with E-state index in [1.165, 1.54) is 12.2 Å². The molecule has 15 heteroatoms. The van der Waals surface area contributed by atoms with E-state index in [1.807, 2.05) is 18.6 Å². The number of carboxylic acids is 2. The molecule has 4 heterocycles. The van der Waals surface area contributed by atoms with Gasteiger partial charge in [-0.15, -0.1) is 0 Å². The second-order valence-corrected chi connectivity index (χ2v) is 7.17. The molecule has 0 unspecified atom stereocenters. The fourth-order valence-corrected chi connectivity index (χ4v) is 3.27. The summed E-state index contributed by atoms with van der Waals surface area (Å²) in [6, 6.07) is 2.93. The minimum absolute atomic E-state index is 0.732. The van der Waals surface area contributed by atoms with E-state index in [9.17, 15) is 26.3 Å². The lowest BCUT2D eigenvalue weighted by Crippen LogP contribution is -2.52. The van der Waals surface area contributed by atoms with Gasteiger partial charge in [0.15, 0.2) is 0 Å². The molecule has 2 aromatic rings. The Morgan fingerprint density at radius 2 is 1.55 bits per heavy atom. The number of imidazole rings is 1. The molecule has 0 spiro atoms. The number of hydrogen-bond acceptors (Lipinski definition) is 6. The maximum Gasteiger partial charge on any atom is 0.490 e. The number of carbonyl (C=O) groups is 2. The van der Waals surface area contributed by atoms with Gasteiger partial charge in [0.1, 0.15) is 0 Å². The minimum Gasteiger partial charge on any atom is -0.475 e. The van der Waals surface area contributed by atoms with Gasteiger partial charge in [-0.1, -0.05) is 0 Å². The van der Waals surface area contributed by atoms with E-state index >= 15 is 0 Å². The molecule has 33 heavy (non-hydrogen) atoms. The number of rotatable bonds is 2. The van der Waals surface area contributed by atoms with Crippen LogP contribution in [0.15, 0.2) is 31.0 Å². The number of nitrogens with zero attached hydrogens (tertiary/aromatic N) is 4. The van der Waals surface area contributed by atoms with Crippen LogP contribution >= 0.6 is 0 Å². The molecule has 4 rings (SSSR count). The van der Waals surface area contributed by atoms with Gasteiger partial charge in [0, 0.05) is 43.4 Å². The number of likely N-dealkylation sites (N-methyl/N-ethyl adjacent to an activating group) is 1. The molecule has 0 aliphatic carbocycles. The van der Waals surface area contributed by atoms with E-state index in [1.54, 1.807) is 6.33 Å². The summed E-state index contributed by atoms with van der Waals surface area (Å²) in [5.74, 6) is -4.68. The van der Waals surface area contributed by atoms with Crippen LogP contribution in [0.4, 0.5) is 32.0 Å². The van der Waals surface area contributed by atoms with Crippen LogP contribution < -0.4 is 4.90 Å². The van der Waals surface area contributed by atoms with E-state index in [4.69, 9.17) is 19.8 Å². The summed E-state index contributed by atoms with van der Waals surface area (Å²) < 4.78 is 63.5. The average Bonchev–Trinajstić information content (AvgIpc) is 3.35. The normalized spacial score (nSPS) is 19.9. The predicted octanol–water partition coefficient (Wildman–Crippen LogP) is 2.49. The highest BCUT2D eigenvalue weighted by molar-refractivity contribution is 5.73. The number of anilines is 1. The monoisotopic (exact) mass is 483 g/mol. The van der Waals surface area contributed by atoms with Crippen molar-refractivity contribution in [1.82, 2.24) is 19.9 Å². The van der Waals surface area contributed by atoms with Gasteiger partial charge < -0.3 is 25.0 Å². The third kappa shape index (κ3) is 7.06. The van der Waals surface area contributed by atoms with Gasteiger partial charge in [-0.05, 0) is 13.1 Å². The number of likely N-dealkylation sites (tertiary alicyclic amines) is 1. The number of fused-ring (bicyclic) bond motifs is 1. The zero-order valence-electron chi connectivity index (χ0n) is 16.9. The van der Waals surface area contributed by atoms with E-state index in [0.29, 0.717) is 0 Å². The zero-order valence-corrected chi connectivity index (χ0v) is 16.9. The predicted molar refractivity (Wildman–Crippen MR) is 101 cm³/mol. The van der Waals surface area contributed by atoms with Crippen LogP contribution in [0.3, 0.4) is 0 Å². The number of H-pyrrole nitrogens is 1. The number of hydrogen-bond donors (Lipinski definition) is 3. The van der Waals surface area contributed by atoms with Crippen molar-refractivity contribution in [3.63, 3.8) is 0 Å². The first kappa shape index (κ1) is 25.9. The second-order valence-electron chi connectivity index (χ2n) is 7.17. The number of aliphatic carboxylic acids is 2. The molecule has 182 valence electrons. The number of aromatic nitrogens is 3. The number of halogens is 6. The maximum atomic E-state index is 10.6. The Hall–Kier alpha value is -3.36. The molecule has 0 radical (unpaired) electrons. The van der Waals surface area contributed by atoms with Gasteiger partial charge in [-0.25, -0.2) is 14.6 Å². The molecule has 0 aromatic carbocycles. The summed E-state index contributed by atoms with van der Waals surface area (Å²) >= 11 is 0. The highest BCUT2D eigenvalue weighted by atomic mass is 19.4. The molecule has 2 aliphatic rings. The molecule has 0 bridgehead atoms. The first-order valence-corrected chi connectivity index (χ1v) is 9.19. The van der Waals surface area contributed by atoms with Crippen molar-refractivity contribution in [3.8, 4) is 11.3 Å². The lowest BCUT2D eigenvalue weighted by Gasteiger charge is -2.40. The van der Waals surface area contributed by atoms with E-state index in [-0.39, 0.29) is 0 Å². The maximum absolute atomic E-state index is 10.6. The van der Waals surface area contributed by atoms with E-state index in [2.05, 4.69) is 37.9 Å². The molecule has 2 aliphatic heterocycles. The third-order valence-corrected chi connectivity index (χ3v) is 4.88. The summed E-state index contributed by atoms with van der Waals surface area (Å²) in [4.78, 5) is 34.3. The van der Waals surface area contributed by atoms with Gasteiger partial charge in [-0.2, -0.15) is 26.3 Å². The fraction of sp³-hybridized carbons (Fsp3) is 0.444. The smallest absolute Gasteiger partial charge is 0.475 e. The lowest BCUT2D eigenvalue weighted by atomic mass is 9.93. The molecule has 2 atom stereocenters. The Morgan fingerprint density at radius 3 is 1.97 bits per heavy atom. The van der Waals surface area contributed by atoms with Gasteiger partial charge >= 0.3 is 24.3 Å². The van der Waals surface area contributed by atoms with Crippen LogP contribution in [0.2, 0.25) is 0 Å². The van der Waals surface area contributed by atoms with Crippen molar-refractivity contribution in [2.75, 3.05) is 31.6 Å². The molecule has 9 nitrogen and oxygen atoms in total. The fourth-order valence-electron chi connectivity index (χ4n) is 3.27. The quantitative estimate of drug-likeness (QED) is 0.557. The van der Waals surface area contributed by atoms with Crippen molar-refractivity contribution >= 4 is 17.6 Å². The van der Waals surface area contributed by atoms with Gasteiger partial charge in [-0.3, -0.25) is 4.98 Å². The summed E-state index contributed by atoms with van der Waals surface area (Å²) in [6.07, 6.45) is -2.78. The van der Waals surface area contributed by atoms with Gasteiger partial charge in [0.2, 0.25) is 0 Å². The van der Waals surface area contributed by atoms with Crippen molar-refractivity contribution < 1.29 is 46.1 Å². The van der Waals surface area contributed by atoms with Crippen molar-refractivity contribution in [2.24, 2.45) is 5.92 Å². The molecule has 2 aromatic heterocycles. The van der Waals surface area contributed by atoms with Crippen LogP contribution in [0.25, 0.3) is 11.3 Å². The lowest BCUT2D eigenvalue weighted by molar-refractivity contribution is -0.193. The van der Waals surface area contributed by atoms with Gasteiger partial charge in [0.05, 0.1) is 30.1 Å². The largest absolute Gasteiger partial charge is 0.490 e. The van der Waals surface area contributed by atoms with Crippen LogP contribution in [-0.4, -0.2) is 87.1 Å². The summed E-state index contributed by atoms with van der Waals surface area (Å²) in [5.41, 5.74) is 3.34. The first-order chi connectivity index (χ1) is 15.2. The topological polar surface area (TPSA) is 123 Å². The number of carboxylic acid groups (broad SMARTS) is 2. The van der Waals surface area contributed by atoms with Crippen LogP contribution in [0.5, 0.6) is 0 Å². The highest BCUT2D eigenvalue weighted by Crippen LogP contribution is 2.34. The Labute approximate surface area is 182 Å². The highest BCUT2D eigenvalue weighted by Gasteiger charge is 2.43. The number of pyridine rings is 1. The Kier molecular flexibility index (Phi) is 7.89. The Balaban J connectivity index is 0.000000230. The van der Waals surface area contributed by atoms with E-state index in [0.717, 1.165) is 36.3 Å². The zero-order chi connectivity index (χ0) is 25.0. The first-order valence-electron chi connectivity index (χ1n) is 9.19. The van der Waals surface area contributed by atoms with Crippen molar-refractivity contribution in [2.45, 2.75) is 18.4 Å².